The Balaban J connectivity index is 2.15. The molecule has 1 atom stereocenters. The number of imidazole rings is 1. The van der Waals surface area contributed by atoms with E-state index in [2.05, 4.69) is 59.4 Å². The number of rotatable bonds is 7. The van der Waals surface area contributed by atoms with Crippen LogP contribution < -0.4 is 5.32 Å². The summed E-state index contributed by atoms with van der Waals surface area (Å²) in [4.78, 5) is 5.75. The van der Waals surface area contributed by atoms with E-state index in [-0.39, 0.29) is 0 Å². The number of thioether (sulfide) groups is 1. The standard InChI is InChI=1S/C16H23N3S/c1-4-9-17-15(12-16-18-10-11-19(16)2)13-5-7-14(20-3)8-6-13/h5-8,10-11,15,17H,4,9,12H2,1-3H3. The van der Waals surface area contributed by atoms with Crippen LogP contribution in [0.2, 0.25) is 0 Å². The monoisotopic (exact) mass is 289 g/mol. The zero-order valence-electron chi connectivity index (χ0n) is 12.5. The summed E-state index contributed by atoms with van der Waals surface area (Å²) in [5.74, 6) is 1.12. The average molecular weight is 289 g/mol. The second kappa shape index (κ2) is 7.50. The molecule has 3 nitrogen and oxygen atoms in total. The summed E-state index contributed by atoms with van der Waals surface area (Å²) in [6, 6.07) is 9.16. The molecule has 20 heavy (non-hydrogen) atoms. The molecule has 2 aromatic rings. The minimum absolute atomic E-state index is 0.326. The quantitative estimate of drug-likeness (QED) is 0.792. The van der Waals surface area contributed by atoms with E-state index in [1.165, 1.54) is 10.5 Å². The molecule has 0 fully saturated rings. The fraction of sp³-hybridized carbons (Fsp3) is 0.438. The Hall–Kier alpha value is -1.26. The second-order valence-corrected chi connectivity index (χ2v) is 5.82. The van der Waals surface area contributed by atoms with Gasteiger partial charge in [-0.1, -0.05) is 19.1 Å². The van der Waals surface area contributed by atoms with Crippen molar-refractivity contribution >= 4 is 11.8 Å². The maximum atomic E-state index is 4.44. The van der Waals surface area contributed by atoms with E-state index in [1.54, 1.807) is 11.8 Å². The summed E-state index contributed by atoms with van der Waals surface area (Å²) in [6.07, 6.45) is 8.03. The van der Waals surface area contributed by atoms with Gasteiger partial charge in [0.15, 0.2) is 0 Å². The molecule has 0 aliphatic rings. The van der Waals surface area contributed by atoms with Crippen molar-refractivity contribution in [1.29, 1.82) is 0 Å². The number of aryl methyl sites for hydroxylation is 1. The summed E-state index contributed by atoms with van der Waals surface area (Å²) >= 11 is 1.78. The van der Waals surface area contributed by atoms with Crippen LogP contribution in [0, 0.1) is 0 Å². The summed E-state index contributed by atoms with van der Waals surface area (Å²) < 4.78 is 2.09. The molecule has 0 saturated heterocycles. The van der Waals surface area contributed by atoms with Crippen LogP contribution in [0.3, 0.4) is 0 Å². The van der Waals surface area contributed by atoms with Gasteiger partial charge in [0.25, 0.3) is 0 Å². The van der Waals surface area contributed by atoms with E-state index >= 15 is 0 Å². The largest absolute Gasteiger partial charge is 0.338 e. The topological polar surface area (TPSA) is 29.9 Å². The summed E-state index contributed by atoms with van der Waals surface area (Å²) in [5.41, 5.74) is 1.33. The lowest BCUT2D eigenvalue weighted by Gasteiger charge is -2.19. The van der Waals surface area contributed by atoms with Gasteiger partial charge in [-0.25, -0.2) is 4.98 Å². The third kappa shape index (κ3) is 3.87. The Kier molecular flexibility index (Phi) is 5.68. The highest BCUT2D eigenvalue weighted by molar-refractivity contribution is 7.98. The van der Waals surface area contributed by atoms with Crippen molar-refractivity contribution in [2.24, 2.45) is 7.05 Å². The maximum Gasteiger partial charge on any atom is 0.110 e. The molecule has 4 heteroatoms. The smallest absolute Gasteiger partial charge is 0.110 e. The van der Waals surface area contributed by atoms with Crippen molar-refractivity contribution in [2.45, 2.75) is 30.7 Å². The first kappa shape index (κ1) is 15.1. The summed E-state index contributed by atoms with van der Waals surface area (Å²) in [5, 5.41) is 3.63. The Morgan fingerprint density at radius 1 is 1.30 bits per heavy atom. The van der Waals surface area contributed by atoms with E-state index in [9.17, 15) is 0 Å². The lowest BCUT2D eigenvalue weighted by Crippen LogP contribution is -2.25. The van der Waals surface area contributed by atoms with Crippen molar-refractivity contribution in [3.63, 3.8) is 0 Å². The maximum absolute atomic E-state index is 4.44. The Bertz CT molecular complexity index is 519. The second-order valence-electron chi connectivity index (χ2n) is 4.94. The van der Waals surface area contributed by atoms with Gasteiger partial charge in [0, 0.05) is 36.8 Å². The molecule has 0 spiro atoms. The van der Waals surface area contributed by atoms with Crippen molar-refractivity contribution in [3.05, 3.63) is 48.0 Å². The molecule has 1 heterocycles. The third-order valence-corrected chi connectivity index (χ3v) is 4.21. The highest BCUT2D eigenvalue weighted by Crippen LogP contribution is 2.21. The van der Waals surface area contributed by atoms with E-state index in [4.69, 9.17) is 0 Å². The molecule has 1 aromatic heterocycles. The van der Waals surface area contributed by atoms with Gasteiger partial charge in [0.2, 0.25) is 0 Å². The fourth-order valence-corrected chi connectivity index (χ4v) is 2.65. The van der Waals surface area contributed by atoms with Gasteiger partial charge in [-0.05, 0) is 36.9 Å². The number of nitrogens with zero attached hydrogens (tertiary/aromatic N) is 2. The van der Waals surface area contributed by atoms with Crippen molar-refractivity contribution in [3.8, 4) is 0 Å². The highest BCUT2D eigenvalue weighted by Gasteiger charge is 2.14. The van der Waals surface area contributed by atoms with Crippen LogP contribution in [0.4, 0.5) is 0 Å². The highest BCUT2D eigenvalue weighted by atomic mass is 32.2. The molecule has 0 amide bonds. The van der Waals surface area contributed by atoms with Gasteiger partial charge in [0.1, 0.15) is 5.82 Å². The molecule has 0 radical (unpaired) electrons. The molecule has 1 N–H and O–H groups in total. The minimum atomic E-state index is 0.326. The first-order valence-corrected chi connectivity index (χ1v) is 8.30. The van der Waals surface area contributed by atoms with Gasteiger partial charge in [-0.3, -0.25) is 0 Å². The molecule has 108 valence electrons. The number of hydrogen-bond donors (Lipinski definition) is 1. The van der Waals surface area contributed by atoms with Crippen LogP contribution in [0.25, 0.3) is 0 Å². The van der Waals surface area contributed by atoms with E-state index in [0.29, 0.717) is 6.04 Å². The normalized spacial score (nSPS) is 12.6. The number of benzene rings is 1. The average Bonchev–Trinajstić information content (AvgIpc) is 2.89. The van der Waals surface area contributed by atoms with Crippen LogP contribution in [-0.2, 0) is 13.5 Å². The predicted octanol–water partition coefficient (Wildman–Crippen LogP) is 3.43. The number of aromatic nitrogens is 2. The summed E-state index contributed by atoms with van der Waals surface area (Å²) in [6.45, 7) is 3.22. The predicted molar refractivity (Wildman–Crippen MR) is 86.2 cm³/mol. The Morgan fingerprint density at radius 3 is 2.60 bits per heavy atom. The number of nitrogens with one attached hydrogen (secondary N) is 1. The number of hydrogen-bond acceptors (Lipinski definition) is 3. The third-order valence-electron chi connectivity index (χ3n) is 3.47. The zero-order chi connectivity index (χ0) is 14.4. The minimum Gasteiger partial charge on any atom is -0.338 e. The Morgan fingerprint density at radius 2 is 2.05 bits per heavy atom. The van der Waals surface area contributed by atoms with Crippen molar-refractivity contribution in [1.82, 2.24) is 14.9 Å². The van der Waals surface area contributed by atoms with Crippen LogP contribution in [0.15, 0.2) is 41.6 Å². The zero-order valence-corrected chi connectivity index (χ0v) is 13.3. The Labute approximate surface area is 125 Å². The molecular formula is C16H23N3S. The lowest BCUT2D eigenvalue weighted by atomic mass is 10.0. The first-order chi connectivity index (χ1) is 9.74. The van der Waals surface area contributed by atoms with Crippen LogP contribution >= 0.6 is 11.8 Å². The first-order valence-electron chi connectivity index (χ1n) is 7.08. The summed E-state index contributed by atoms with van der Waals surface area (Å²) in [7, 11) is 2.05. The SMILES string of the molecule is CCCNC(Cc1nccn1C)c1ccc(SC)cc1. The lowest BCUT2D eigenvalue weighted by molar-refractivity contribution is 0.512. The molecule has 0 aliphatic carbocycles. The van der Waals surface area contributed by atoms with Gasteiger partial charge in [0.05, 0.1) is 0 Å². The molecule has 1 aromatic carbocycles. The van der Waals surface area contributed by atoms with E-state index in [1.807, 2.05) is 12.4 Å². The van der Waals surface area contributed by atoms with Gasteiger partial charge >= 0.3 is 0 Å². The van der Waals surface area contributed by atoms with E-state index < -0.39 is 0 Å². The molecular weight excluding hydrogens is 266 g/mol. The van der Waals surface area contributed by atoms with Crippen LogP contribution in [-0.4, -0.2) is 22.4 Å². The molecule has 1 unspecified atom stereocenters. The van der Waals surface area contributed by atoms with Crippen LogP contribution in [0.1, 0.15) is 30.8 Å². The van der Waals surface area contributed by atoms with Gasteiger partial charge < -0.3 is 9.88 Å². The van der Waals surface area contributed by atoms with Crippen molar-refractivity contribution in [2.75, 3.05) is 12.8 Å². The van der Waals surface area contributed by atoms with Crippen LogP contribution in [0.5, 0.6) is 0 Å². The molecule has 0 bridgehead atoms. The molecule has 2 rings (SSSR count). The molecule has 0 saturated carbocycles. The van der Waals surface area contributed by atoms with Crippen molar-refractivity contribution < 1.29 is 0 Å². The van der Waals surface area contributed by atoms with E-state index in [0.717, 1.165) is 25.2 Å². The molecule has 0 aliphatic heterocycles. The van der Waals surface area contributed by atoms with Gasteiger partial charge in [-0.2, -0.15) is 0 Å². The fourth-order valence-electron chi connectivity index (χ4n) is 2.24. The van der Waals surface area contributed by atoms with Gasteiger partial charge in [-0.15, -0.1) is 11.8 Å².